The van der Waals surface area contributed by atoms with Crippen molar-refractivity contribution in [1.82, 2.24) is 0 Å². The Balaban J connectivity index is 1.57. The molecule has 0 radical (unpaired) electrons. The molecular formula is C25H34F2O2. The van der Waals surface area contributed by atoms with Crippen LogP contribution >= 0.6 is 0 Å². The van der Waals surface area contributed by atoms with Crippen molar-refractivity contribution in [3.8, 4) is 5.75 Å². The van der Waals surface area contributed by atoms with Crippen LogP contribution in [0.1, 0.15) is 102 Å². The third-order valence-corrected chi connectivity index (χ3v) is 7.02. The van der Waals surface area contributed by atoms with Gasteiger partial charge < -0.3 is 9.15 Å². The molecule has 1 unspecified atom stereocenters. The van der Waals surface area contributed by atoms with Crippen molar-refractivity contribution in [3.63, 3.8) is 0 Å². The molecule has 1 saturated carbocycles. The summed E-state index contributed by atoms with van der Waals surface area (Å²) in [5.74, 6) is 0.313. The Kier molecular flexibility index (Phi) is 6.46. The number of benzene rings is 1. The highest BCUT2D eigenvalue weighted by Gasteiger charge is 2.31. The smallest absolute Gasteiger partial charge is 0.205 e. The van der Waals surface area contributed by atoms with Crippen molar-refractivity contribution in [1.29, 1.82) is 0 Å². The number of halogens is 2. The minimum Gasteiger partial charge on any atom is -0.487 e. The molecule has 1 atom stereocenters. The molecule has 4 rings (SSSR count). The van der Waals surface area contributed by atoms with Crippen molar-refractivity contribution in [3.05, 3.63) is 29.0 Å². The van der Waals surface area contributed by atoms with Crippen molar-refractivity contribution in [2.45, 2.75) is 103 Å². The van der Waals surface area contributed by atoms with Gasteiger partial charge >= 0.3 is 0 Å². The van der Waals surface area contributed by atoms with Crippen LogP contribution in [0.25, 0.3) is 11.0 Å². The first-order valence-electron chi connectivity index (χ1n) is 11.7. The van der Waals surface area contributed by atoms with Gasteiger partial charge in [-0.25, -0.2) is 0 Å². The number of aryl methyl sites for hydroxylation is 1. The maximum absolute atomic E-state index is 14.8. The average Bonchev–Trinajstić information content (AvgIpc) is 3.19. The lowest BCUT2D eigenvalue weighted by molar-refractivity contribution is 0.151. The van der Waals surface area contributed by atoms with E-state index in [-0.39, 0.29) is 17.4 Å². The van der Waals surface area contributed by atoms with Gasteiger partial charge in [0.2, 0.25) is 11.6 Å². The van der Waals surface area contributed by atoms with Gasteiger partial charge in [-0.05, 0) is 63.4 Å². The Labute approximate surface area is 173 Å². The number of hydrogen-bond donors (Lipinski definition) is 0. The molecule has 2 aliphatic rings. The van der Waals surface area contributed by atoms with E-state index in [2.05, 4.69) is 13.8 Å². The molecule has 0 bridgehead atoms. The van der Waals surface area contributed by atoms with Gasteiger partial charge in [-0.2, -0.15) is 8.78 Å². The first-order valence-corrected chi connectivity index (χ1v) is 11.7. The van der Waals surface area contributed by atoms with E-state index in [9.17, 15) is 8.78 Å². The largest absolute Gasteiger partial charge is 0.487 e. The molecule has 2 aromatic rings. The minimum absolute atomic E-state index is 0.0133. The maximum Gasteiger partial charge on any atom is 0.205 e. The highest BCUT2D eigenvalue weighted by molar-refractivity contribution is 5.85. The average molecular weight is 405 g/mol. The molecule has 160 valence electrons. The van der Waals surface area contributed by atoms with E-state index in [0.717, 1.165) is 74.0 Å². The van der Waals surface area contributed by atoms with Crippen LogP contribution in [0.2, 0.25) is 0 Å². The summed E-state index contributed by atoms with van der Waals surface area (Å²) in [4.78, 5) is 0. The highest BCUT2D eigenvalue weighted by Crippen LogP contribution is 2.44. The fourth-order valence-corrected chi connectivity index (χ4v) is 5.32. The van der Waals surface area contributed by atoms with Gasteiger partial charge in [0, 0.05) is 16.9 Å². The third-order valence-electron chi connectivity index (χ3n) is 7.02. The number of furan rings is 1. The van der Waals surface area contributed by atoms with E-state index in [1.54, 1.807) is 0 Å². The normalized spacial score (nSPS) is 24.5. The molecular weight excluding hydrogens is 370 g/mol. The van der Waals surface area contributed by atoms with Gasteiger partial charge in [0.15, 0.2) is 11.3 Å². The topological polar surface area (TPSA) is 22.4 Å². The molecule has 1 aliphatic carbocycles. The summed E-state index contributed by atoms with van der Waals surface area (Å²) >= 11 is 0. The Bertz CT molecular complexity index is 833. The molecule has 2 heterocycles. The third kappa shape index (κ3) is 4.18. The summed E-state index contributed by atoms with van der Waals surface area (Å²) in [7, 11) is 0. The summed E-state index contributed by atoms with van der Waals surface area (Å²) in [5, 5.41) is 0.719. The Hall–Kier alpha value is -1.58. The second-order valence-electron chi connectivity index (χ2n) is 9.11. The lowest BCUT2D eigenvalue weighted by Crippen LogP contribution is -2.24. The van der Waals surface area contributed by atoms with Gasteiger partial charge in [-0.15, -0.1) is 0 Å². The van der Waals surface area contributed by atoms with E-state index >= 15 is 0 Å². The lowest BCUT2D eigenvalue weighted by atomic mass is 9.79. The van der Waals surface area contributed by atoms with E-state index < -0.39 is 11.6 Å². The van der Waals surface area contributed by atoms with Gasteiger partial charge in [-0.3, -0.25) is 0 Å². The second-order valence-corrected chi connectivity index (χ2v) is 9.11. The summed E-state index contributed by atoms with van der Waals surface area (Å²) < 4.78 is 41.5. The molecule has 0 saturated heterocycles. The standard InChI is InChI=1S/C25H34F2O2/c1-3-5-6-8-18-13-14-19-20-15-21(17-11-9-16(7-4-2)10-12-17)29-25(20)23(27)22(26)24(19)28-18/h15-18H,3-14H2,1-2H3. The Morgan fingerprint density at radius 1 is 0.931 bits per heavy atom. The molecule has 1 fully saturated rings. The summed E-state index contributed by atoms with van der Waals surface area (Å²) in [6, 6.07) is 1.97. The van der Waals surface area contributed by atoms with E-state index in [1.165, 1.54) is 25.7 Å². The van der Waals surface area contributed by atoms with Gasteiger partial charge in [0.05, 0.1) is 6.10 Å². The summed E-state index contributed by atoms with van der Waals surface area (Å²) in [6.45, 7) is 4.40. The molecule has 2 nitrogen and oxygen atoms in total. The van der Waals surface area contributed by atoms with E-state index in [0.29, 0.717) is 5.92 Å². The molecule has 0 amide bonds. The molecule has 29 heavy (non-hydrogen) atoms. The number of ether oxygens (including phenoxy) is 1. The number of hydrogen-bond acceptors (Lipinski definition) is 2. The molecule has 4 heteroatoms. The molecule has 1 aromatic heterocycles. The van der Waals surface area contributed by atoms with E-state index in [1.807, 2.05) is 6.07 Å². The number of rotatable bonds is 7. The van der Waals surface area contributed by atoms with Crippen LogP contribution in [0.15, 0.2) is 10.5 Å². The minimum atomic E-state index is -0.890. The van der Waals surface area contributed by atoms with Crippen molar-refractivity contribution in [2.75, 3.05) is 0 Å². The van der Waals surface area contributed by atoms with Gasteiger partial charge in [-0.1, -0.05) is 39.5 Å². The quantitative estimate of drug-likeness (QED) is 0.435. The zero-order chi connectivity index (χ0) is 20.4. The van der Waals surface area contributed by atoms with Crippen molar-refractivity contribution < 1.29 is 17.9 Å². The zero-order valence-electron chi connectivity index (χ0n) is 17.9. The van der Waals surface area contributed by atoms with Crippen molar-refractivity contribution >= 4 is 11.0 Å². The Morgan fingerprint density at radius 3 is 2.45 bits per heavy atom. The summed E-state index contributed by atoms with van der Waals surface area (Å²) in [5.41, 5.74) is 0.875. The summed E-state index contributed by atoms with van der Waals surface area (Å²) in [6.07, 6.45) is 12.9. The number of unbranched alkanes of at least 4 members (excludes halogenated alkanes) is 2. The predicted molar refractivity (Wildman–Crippen MR) is 113 cm³/mol. The van der Waals surface area contributed by atoms with E-state index in [4.69, 9.17) is 9.15 Å². The van der Waals surface area contributed by atoms with Crippen LogP contribution in [0, 0.1) is 17.6 Å². The first-order chi connectivity index (χ1) is 14.1. The molecule has 1 aromatic carbocycles. The monoisotopic (exact) mass is 404 g/mol. The number of fused-ring (bicyclic) bond motifs is 3. The predicted octanol–water partition coefficient (Wildman–Crippen LogP) is 8.06. The maximum atomic E-state index is 14.8. The van der Waals surface area contributed by atoms with Gasteiger partial charge in [0.1, 0.15) is 5.76 Å². The fraction of sp³-hybridized carbons (Fsp3) is 0.680. The molecule has 0 spiro atoms. The Morgan fingerprint density at radius 2 is 1.72 bits per heavy atom. The molecule has 1 aliphatic heterocycles. The van der Waals surface area contributed by atoms with Crippen LogP contribution < -0.4 is 4.74 Å². The van der Waals surface area contributed by atoms with Crippen LogP contribution in [0.5, 0.6) is 5.75 Å². The lowest BCUT2D eigenvalue weighted by Gasteiger charge is -2.27. The fourth-order valence-electron chi connectivity index (χ4n) is 5.32. The van der Waals surface area contributed by atoms with Gasteiger partial charge in [0.25, 0.3) is 0 Å². The van der Waals surface area contributed by atoms with Crippen LogP contribution in [-0.4, -0.2) is 6.10 Å². The molecule has 0 N–H and O–H groups in total. The second kappa shape index (κ2) is 9.06. The zero-order valence-corrected chi connectivity index (χ0v) is 17.9. The van der Waals surface area contributed by atoms with Crippen LogP contribution in [0.4, 0.5) is 8.78 Å². The van der Waals surface area contributed by atoms with Crippen LogP contribution in [-0.2, 0) is 6.42 Å². The highest BCUT2D eigenvalue weighted by atomic mass is 19.2. The van der Waals surface area contributed by atoms with Crippen molar-refractivity contribution in [2.24, 2.45) is 5.92 Å². The van der Waals surface area contributed by atoms with Crippen LogP contribution in [0.3, 0.4) is 0 Å². The SMILES string of the molecule is CCCCCC1CCc2c(c(F)c(F)c3oc(C4CCC(CCC)CC4)cc23)O1. The first kappa shape index (κ1) is 20.7.